The summed E-state index contributed by atoms with van der Waals surface area (Å²) in [5.41, 5.74) is 7.45. The molecule has 3 nitrogen and oxygen atoms in total. The van der Waals surface area contributed by atoms with Gasteiger partial charge in [-0.2, -0.15) is 0 Å². The predicted octanol–water partition coefficient (Wildman–Crippen LogP) is 3.24. The summed E-state index contributed by atoms with van der Waals surface area (Å²) in [6.45, 7) is 0. The quantitative estimate of drug-likeness (QED) is 0.693. The largest absolute Gasteiger partial charge is 0.458 e. The minimum atomic E-state index is -0.893. The van der Waals surface area contributed by atoms with Crippen LogP contribution < -0.4 is 5.73 Å². The Morgan fingerprint density at radius 1 is 1.05 bits per heavy atom. The van der Waals surface area contributed by atoms with Gasteiger partial charge >= 0.3 is 0 Å². The second kappa shape index (κ2) is 4.40. The molecule has 1 aromatic heterocycles. The summed E-state index contributed by atoms with van der Waals surface area (Å²) in [5.74, 6) is 0.0483. The van der Waals surface area contributed by atoms with E-state index in [9.17, 15) is 9.50 Å². The molecule has 3 rings (SSSR count). The van der Waals surface area contributed by atoms with E-state index < -0.39 is 6.10 Å². The van der Waals surface area contributed by atoms with E-state index in [4.69, 9.17) is 10.2 Å². The molecule has 0 fully saturated rings. The normalized spacial score (nSPS) is 12.7. The molecule has 3 N–H and O–H groups in total. The van der Waals surface area contributed by atoms with E-state index in [-0.39, 0.29) is 5.82 Å². The molecular formula is C15H12FNO2. The molecule has 1 heterocycles. The number of aliphatic hydroxyl groups is 1. The number of nitrogen functional groups attached to an aromatic ring is 1. The lowest BCUT2D eigenvalue weighted by Crippen LogP contribution is -1.98. The molecule has 2 aromatic carbocycles. The van der Waals surface area contributed by atoms with Gasteiger partial charge in [-0.3, -0.25) is 0 Å². The Labute approximate surface area is 109 Å². The van der Waals surface area contributed by atoms with Crippen molar-refractivity contribution in [1.82, 2.24) is 0 Å². The van der Waals surface area contributed by atoms with Crippen molar-refractivity contribution in [1.29, 1.82) is 0 Å². The van der Waals surface area contributed by atoms with Crippen molar-refractivity contribution in [2.75, 3.05) is 5.73 Å². The Bertz CT molecular complexity index is 719. The second-order valence-corrected chi connectivity index (χ2v) is 4.40. The van der Waals surface area contributed by atoms with Gasteiger partial charge in [0.05, 0.1) is 0 Å². The van der Waals surface area contributed by atoms with Crippen molar-refractivity contribution >= 4 is 16.7 Å². The molecule has 0 spiro atoms. The Kier molecular flexibility index (Phi) is 2.72. The number of aliphatic hydroxyl groups excluding tert-OH is 1. The van der Waals surface area contributed by atoms with Gasteiger partial charge in [0.1, 0.15) is 23.3 Å². The third-order valence-electron chi connectivity index (χ3n) is 3.02. The highest BCUT2D eigenvalue weighted by Gasteiger charge is 2.15. The third-order valence-corrected chi connectivity index (χ3v) is 3.02. The van der Waals surface area contributed by atoms with E-state index in [0.29, 0.717) is 28.0 Å². The van der Waals surface area contributed by atoms with Crippen LogP contribution >= 0.6 is 0 Å². The molecule has 1 unspecified atom stereocenters. The van der Waals surface area contributed by atoms with Gasteiger partial charge in [-0.1, -0.05) is 12.1 Å². The summed E-state index contributed by atoms with van der Waals surface area (Å²) in [5, 5.41) is 10.9. The highest BCUT2D eigenvalue weighted by molar-refractivity contribution is 5.78. The molecule has 19 heavy (non-hydrogen) atoms. The maximum absolute atomic E-state index is 13.1. The van der Waals surface area contributed by atoms with E-state index in [2.05, 4.69) is 0 Å². The van der Waals surface area contributed by atoms with Gasteiger partial charge in [0.2, 0.25) is 0 Å². The highest BCUT2D eigenvalue weighted by atomic mass is 19.1. The SMILES string of the molecule is Nc1ccc(C(O)c2cc3cc(F)ccc3o2)cc1. The number of benzene rings is 2. The Morgan fingerprint density at radius 2 is 1.79 bits per heavy atom. The fraction of sp³-hybridized carbons (Fsp3) is 0.0667. The first-order chi connectivity index (χ1) is 9.13. The van der Waals surface area contributed by atoms with Crippen LogP contribution in [-0.2, 0) is 0 Å². The minimum Gasteiger partial charge on any atom is -0.458 e. The van der Waals surface area contributed by atoms with Crippen molar-refractivity contribution in [3.63, 3.8) is 0 Å². The number of rotatable bonds is 2. The van der Waals surface area contributed by atoms with Crippen molar-refractivity contribution < 1.29 is 13.9 Å². The zero-order valence-corrected chi connectivity index (χ0v) is 10.0. The molecule has 0 amide bonds. The molecule has 0 saturated carbocycles. The van der Waals surface area contributed by atoms with Crippen LogP contribution in [0.15, 0.2) is 52.9 Å². The maximum atomic E-state index is 13.1. The van der Waals surface area contributed by atoms with Crippen LogP contribution in [0.4, 0.5) is 10.1 Å². The first-order valence-electron chi connectivity index (χ1n) is 5.86. The van der Waals surface area contributed by atoms with E-state index in [1.165, 1.54) is 12.1 Å². The summed E-state index contributed by atoms with van der Waals surface area (Å²) in [6, 6.07) is 12.8. The lowest BCUT2D eigenvalue weighted by Gasteiger charge is -2.07. The predicted molar refractivity (Wildman–Crippen MR) is 71.1 cm³/mol. The summed E-state index contributed by atoms with van der Waals surface area (Å²) >= 11 is 0. The first kappa shape index (κ1) is 11.7. The highest BCUT2D eigenvalue weighted by Crippen LogP contribution is 2.28. The number of anilines is 1. The standard InChI is InChI=1S/C15H12FNO2/c16-11-3-6-13-10(7-11)8-14(19-13)15(18)9-1-4-12(17)5-2-9/h1-8,15,18H,17H2. The summed E-state index contributed by atoms with van der Waals surface area (Å²) in [6.07, 6.45) is -0.893. The van der Waals surface area contributed by atoms with Crippen LogP contribution in [0.1, 0.15) is 17.4 Å². The third kappa shape index (κ3) is 2.18. The molecule has 0 bridgehead atoms. The number of hydrogen-bond donors (Lipinski definition) is 2. The Morgan fingerprint density at radius 3 is 2.53 bits per heavy atom. The lowest BCUT2D eigenvalue weighted by molar-refractivity contribution is 0.192. The topological polar surface area (TPSA) is 59.4 Å². The molecule has 0 aliphatic rings. The molecule has 0 radical (unpaired) electrons. The van der Waals surface area contributed by atoms with E-state index in [0.717, 1.165) is 0 Å². The zero-order chi connectivity index (χ0) is 13.4. The zero-order valence-electron chi connectivity index (χ0n) is 10.0. The number of fused-ring (bicyclic) bond motifs is 1. The monoisotopic (exact) mass is 257 g/mol. The lowest BCUT2D eigenvalue weighted by atomic mass is 10.1. The van der Waals surface area contributed by atoms with Crippen molar-refractivity contribution in [3.8, 4) is 0 Å². The average molecular weight is 257 g/mol. The Balaban J connectivity index is 2.01. The van der Waals surface area contributed by atoms with Crippen LogP contribution in [0, 0.1) is 5.82 Å². The van der Waals surface area contributed by atoms with Crippen molar-refractivity contribution in [2.24, 2.45) is 0 Å². The average Bonchev–Trinajstić information content (AvgIpc) is 2.81. The Hall–Kier alpha value is -2.33. The number of hydrogen-bond acceptors (Lipinski definition) is 3. The van der Waals surface area contributed by atoms with Gasteiger partial charge in [0.25, 0.3) is 0 Å². The molecule has 0 aliphatic heterocycles. The summed E-state index contributed by atoms with van der Waals surface area (Å²) in [4.78, 5) is 0. The van der Waals surface area contributed by atoms with Crippen LogP contribution in [0.3, 0.4) is 0 Å². The summed E-state index contributed by atoms with van der Waals surface area (Å²) in [7, 11) is 0. The van der Waals surface area contributed by atoms with Crippen molar-refractivity contribution in [3.05, 3.63) is 65.7 Å². The molecule has 1 atom stereocenters. The summed E-state index contributed by atoms with van der Waals surface area (Å²) < 4.78 is 18.6. The molecule has 96 valence electrons. The molecule has 0 aliphatic carbocycles. The molecular weight excluding hydrogens is 245 g/mol. The van der Waals surface area contributed by atoms with Gasteiger partial charge in [0.15, 0.2) is 0 Å². The van der Waals surface area contributed by atoms with Crippen molar-refractivity contribution in [2.45, 2.75) is 6.10 Å². The van der Waals surface area contributed by atoms with E-state index >= 15 is 0 Å². The van der Waals surface area contributed by atoms with Gasteiger partial charge < -0.3 is 15.3 Å². The van der Waals surface area contributed by atoms with Gasteiger partial charge in [-0.05, 0) is 42.0 Å². The molecule has 3 aromatic rings. The second-order valence-electron chi connectivity index (χ2n) is 4.40. The molecule has 4 heteroatoms. The van der Waals surface area contributed by atoms with Crippen LogP contribution in [0.25, 0.3) is 11.0 Å². The number of furan rings is 1. The fourth-order valence-corrected chi connectivity index (χ4v) is 2.01. The van der Waals surface area contributed by atoms with Gasteiger partial charge in [-0.25, -0.2) is 4.39 Å². The first-order valence-corrected chi connectivity index (χ1v) is 5.86. The number of halogens is 1. The number of nitrogens with two attached hydrogens (primary N) is 1. The van der Waals surface area contributed by atoms with E-state index in [1.807, 2.05) is 0 Å². The molecule has 0 saturated heterocycles. The van der Waals surface area contributed by atoms with Crippen LogP contribution in [0.5, 0.6) is 0 Å². The van der Waals surface area contributed by atoms with Gasteiger partial charge in [0, 0.05) is 11.1 Å². The van der Waals surface area contributed by atoms with Crippen LogP contribution in [0.2, 0.25) is 0 Å². The van der Waals surface area contributed by atoms with Gasteiger partial charge in [-0.15, -0.1) is 0 Å². The van der Waals surface area contributed by atoms with Crippen LogP contribution in [-0.4, -0.2) is 5.11 Å². The van der Waals surface area contributed by atoms with E-state index in [1.54, 1.807) is 36.4 Å². The fourth-order valence-electron chi connectivity index (χ4n) is 2.01. The smallest absolute Gasteiger partial charge is 0.138 e. The maximum Gasteiger partial charge on any atom is 0.138 e. The minimum absolute atomic E-state index is 0.332.